The van der Waals surface area contributed by atoms with E-state index in [1.54, 1.807) is 43.5 Å². The summed E-state index contributed by atoms with van der Waals surface area (Å²) in [5.74, 6) is -0.969. The van der Waals surface area contributed by atoms with Crippen LogP contribution in [0.3, 0.4) is 0 Å². The molecule has 2 aromatic rings. The molecule has 0 fully saturated rings. The summed E-state index contributed by atoms with van der Waals surface area (Å²) in [6.45, 7) is 7.82. The first kappa shape index (κ1) is 24.3. The van der Waals surface area contributed by atoms with Crippen molar-refractivity contribution in [3.63, 3.8) is 0 Å². The third kappa shape index (κ3) is 5.53. The monoisotopic (exact) mass is 445 g/mol. The number of hydrogen-bond acceptors (Lipinski definition) is 5. The fraction of sp³-hybridized carbons (Fsp3) is 0.296. The van der Waals surface area contributed by atoms with Gasteiger partial charge in [-0.1, -0.05) is 62.4 Å². The minimum Gasteiger partial charge on any atom is -0.360 e. The van der Waals surface area contributed by atoms with E-state index < -0.39 is 17.4 Å². The predicted molar refractivity (Wildman–Crippen MR) is 132 cm³/mol. The minimum atomic E-state index is -0.553. The molecule has 6 nitrogen and oxygen atoms in total. The van der Waals surface area contributed by atoms with Crippen LogP contribution in [0.2, 0.25) is 0 Å². The van der Waals surface area contributed by atoms with Crippen molar-refractivity contribution >= 4 is 23.1 Å². The molecule has 1 aliphatic carbocycles. The molecular formula is C27H31N3O3. The number of rotatable bonds is 9. The van der Waals surface area contributed by atoms with Crippen LogP contribution in [0.4, 0.5) is 5.69 Å². The van der Waals surface area contributed by atoms with Crippen molar-refractivity contribution in [1.29, 1.82) is 0 Å². The fourth-order valence-corrected chi connectivity index (χ4v) is 4.03. The maximum atomic E-state index is 13.3. The number of Topliss-reactive ketones (excluding diaryl/α,β-unsaturated/α-hetero) is 1. The Morgan fingerprint density at radius 2 is 1.64 bits per heavy atom. The molecule has 0 bridgehead atoms. The highest BCUT2D eigenvalue weighted by molar-refractivity contribution is 6.69. The highest BCUT2D eigenvalue weighted by Crippen LogP contribution is 2.32. The number of allylic oxidation sites excluding steroid dienone is 1. The number of benzene rings is 2. The number of carbonyl (C=O) groups is 2. The number of ketones is 1. The number of ether oxygens (including phenoxy) is 1. The molecule has 172 valence electrons. The summed E-state index contributed by atoms with van der Waals surface area (Å²) in [6, 6.07) is 17.7. The highest BCUT2D eigenvalue weighted by Gasteiger charge is 2.36. The highest BCUT2D eigenvalue weighted by atomic mass is 16.5. The molecule has 1 aliphatic rings. The summed E-state index contributed by atoms with van der Waals surface area (Å²) in [5.41, 5.74) is 1.85. The number of aliphatic imine (C=N–C) groups is 1. The quantitative estimate of drug-likeness (QED) is 0.263. The molecule has 0 spiro atoms. The molecule has 6 heteroatoms. The van der Waals surface area contributed by atoms with Crippen molar-refractivity contribution < 1.29 is 14.3 Å². The van der Waals surface area contributed by atoms with E-state index >= 15 is 0 Å². The van der Waals surface area contributed by atoms with Gasteiger partial charge in [0.25, 0.3) is 5.91 Å². The van der Waals surface area contributed by atoms with Crippen LogP contribution in [0.25, 0.3) is 0 Å². The number of carbonyl (C=O) groups excluding carboxylic acids is 2. The van der Waals surface area contributed by atoms with Gasteiger partial charge in [0.1, 0.15) is 5.72 Å². The molecule has 0 saturated carbocycles. The normalized spacial score (nSPS) is 18.5. The largest absolute Gasteiger partial charge is 0.360 e. The Bertz CT molecular complexity index is 1070. The molecule has 1 unspecified atom stereocenters. The molecule has 1 amide bonds. The SMILES string of the molecule is CCN(CC)C1(OC)C=CC(NC(=O)C(=Nc2ccccc2)C(=O)c2ccccc2)=C(C)C1. The molecule has 0 radical (unpaired) electrons. The zero-order chi connectivity index (χ0) is 23.8. The van der Waals surface area contributed by atoms with Gasteiger partial charge in [0.15, 0.2) is 5.71 Å². The Balaban J connectivity index is 1.90. The summed E-state index contributed by atoms with van der Waals surface area (Å²) < 4.78 is 5.88. The first-order valence-electron chi connectivity index (χ1n) is 11.2. The Morgan fingerprint density at radius 1 is 1.03 bits per heavy atom. The molecule has 33 heavy (non-hydrogen) atoms. The summed E-state index contributed by atoms with van der Waals surface area (Å²) in [6.07, 6.45) is 4.43. The molecule has 0 aromatic heterocycles. The average Bonchev–Trinajstić information content (AvgIpc) is 2.85. The van der Waals surface area contributed by atoms with E-state index in [-0.39, 0.29) is 5.71 Å². The standard InChI is InChI=1S/C27H31N3O3/c1-5-30(6-2)27(33-4)18-17-23(20(3)19-27)29-26(32)24(28-22-15-11-8-12-16-22)25(31)21-13-9-7-10-14-21/h7-18H,5-6,19H2,1-4H3,(H,29,32). The van der Waals surface area contributed by atoms with Gasteiger partial charge < -0.3 is 10.1 Å². The second-order valence-electron chi connectivity index (χ2n) is 7.87. The van der Waals surface area contributed by atoms with Crippen LogP contribution in [-0.2, 0) is 9.53 Å². The first-order valence-corrected chi connectivity index (χ1v) is 11.2. The van der Waals surface area contributed by atoms with Gasteiger partial charge in [-0.15, -0.1) is 0 Å². The van der Waals surface area contributed by atoms with Crippen molar-refractivity contribution in [3.05, 3.63) is 89.6 Å². The fourth-order valence-electron chi connectivity index (χ4n) is 4.03. The number of para-hydroxylation sites is 1. The summed E-state index contributed by atoms with van der Waals surface area (Å²) in [5, 5.41) is 2.90. The molecule has 1 N–H and O–H groups in total. The first-order chi connectivity index (χ1) is 15.9. The molecule has 0 aliphatic heterocycles. The molecular weight excluding hydrogens is 414 g/mol. The number of methoxy groups -OCH3 is 1. The Hall–Kier alpha value is -3.35. The lowest BCUT2D eigenvalue weighted by Gasteiger charge is -2.42. The van der Waals surface area contributed by atoms with E-state index in [0.29, 0.717) is 23.4 Å². The van der Waals surface area contributed by atoms with E-state index in [1.807, 2.05) is 43.3 Å². The maximum Gasteiger partial charge on any atom is 0.278 e. The third-order valence-electron chi connectivity index (χ3n) is 5.85. The van der Waals surface area contributed by atoms with Crippen molar-refractivity contribution in [2.45, 2.75) is 32.9 Å². The van der Waals surface area contributed by atoms with Crippen LogP contribution < -0.4 is 5.32 Å². The van der Waals surface area contributed by atoms with Crippen LogP contribution in [0.1, 0.15) is 37.6 Å². The summed E-state index contributed by atoms with van der Waals surface area (Å²) >= 11 is 0. The number of hydrogen-bond donors (Lipinski definition) is 1. The Morgan fingerprint density at radius 3 is 2.18 bits per heavy atom. The van der Waals surface area contributed by atoms with E-state index in [9.17, 15) is 9.59 Å². The summed E-state index contributed by atoms with van der Waals surface area (Å²) in [7, 11) is 1.70. The van der Waals surface area contributed by atoms with Crippen LogP contribution in [0.5, 0.6) is 0 Å². The van der Waals surface area contributed by atoms with E-state index in [2.05, 4.69) is 29.1 Å². The maximum absolute atomic E-state index is 13.3. The zero-order valence-corrected chi connectivity index (χ0v) is 19.7. The lowest BCUT2D eigenvalue weighted by molar-refractivity contribution is -0.114. The lowest BCUT2D eigenvalue weighted by atomic mass is 9.93. The van der Waals surface area contributed by atoms with Crippen LogP contribution in [0.15, 0.2) is 89.1 Å². The van der Waals surface area contributed by atoms with Crippen molar-refractivity contribution in [2.24, 2.45) is 4.99 Å². The predicted octanol–water partition coefficient (Wildman–Crippen LogP) is 4.68. The lowest BCUT2D eigenvalue weighted by Crippen LogP contribution is -2.50. The van der Waals surface area contributed by atoms with E-state index in [4.69, 9.17) is 4.74 Å². The third-order valence-corrected chi connectivity index (χ3v) is 5.85. The van der Waals surface area contributed by atoms with Gasteiger partial charge in [-0.25, -0.2) is 4.99 Å². The number of nitrogens with one attached hydrogen (secondary N) is 1. The average molecular weight is 446 g/mol. The minimum absolute atomic E-state index is 0.159. The number of amides is 1. The van der Waals surface area contributed by atoms with Crippen LogP contribution in [0, 0.1) is 0 Å². The van der Waals surface area contributed by atoms with Crippen LogP contribution in [-0.4, -0.2) is 48.2 Å². The van der Waals surface area contributed by atoms with Crippen molar-refractivity contribution in [3.8, 4) is 0 Å². The van der Waals surface area contributed by atoms with Crippen molar-refractivity contribution in [1.82, 2.24) is 10.2 Å². The number of likely N-dealkylation sites (N-methyl/N-ethyl adjacent to an activating group) is 1. The molecule has 1 atom stereocenters. The number of nitrogens with zero attached hydrogens (tertiary/aromatic N) is 2. The van der Waals surface area contributed by atoms with Crippen molar-refractivity contribution in [2.75, 3.05) is 20.2 Å². The van der Waals surface area contributed by atoms with Crippen LogP contribution >= 0.6 is 0 Å². The van der Waals surface area contributed by atoms with Gasteiger partial charge >= 0.3 is 0 Å². The summed E-state index contributed by atoms with van der Waals surface area (Å²) in [4.78, 5) is 33.1. The Labute approximate surface area is 195 Å². The topological polar surface area (TPSA) is 71.0 Å². The Kier molecular flexibility index (Phi) is 8.09. The van der Waals surface area contributed by atoms with E-state index in [0.717, 1.165) is 18.7 Å². The zero-order valence-electron chi connectivity index (χ0n) is 19.7. The smallest absolute Gasteiger partial charge is 0.278 e. The van der Waals surface area contributed by atoms with Gasteiger partial charge in [-0.3, -0.25) is 14.5 Å². The second kappa shape index (κ2) is 11.0. The van der Waals surface area contributed by atoms with Gasteiger partial charge in [0.2, 0.25) is 5.78 Å². The second-order valence-corrected chi connectivity index (χ2v) is 7.87. The van der Waals surface area contributed by atoms with Gasteiger partial charge in [-0.05, 0) is 49.9 Å². The molecule has 0 saturated heterocycles. The van der Waals surface area contributed by atoms with Gasteiger partial charge in [0, 0.05) is 24.8 Å². The molecule has 3 rings (SSSR count). The molecule has 2 aromatic carbocycles. The van der Waals surface area contributed by atoms with E-state index in [1.165, 1.54) is 0 Å². The van der Waals surface area contributed by atoms with Gasteiger partial charge in [-0.2, -0.15) is 0 Å². The molecule has 0 heterocycles. The van der Waals surface area contributed by atoms with Gasteiger partial charge in [0.05, 0.1) is 5.69 Å².